The van der Waals surface area contributed by atoms with Crippen molar-refractivity contribution >= 4 is 69.8 Å². The summed E-state index contributed by atoms with van der Waals surface area (Å²) in [4.78, 5) is 29.3. The molecular formula is C30H34N14O2. The van der Waals surface area contributed by atoms with E-state index in [2.05, 4.69) is 51.5 Å². The highest BCUT2D eigenvalue weighted by molar-refractivity contribution is 5.73. The zero-order valence-corrected chi connectivity index (χ0v) is 24.8. The summed E-state index contributed by atoms with van der Waals surface area (Å²) in [5.41, 5.74) is 17.3. The molecule has 236 valence electrons. The molecule has 0 radical (unpaired) electrons. The Hall–Kier alpha value is -6.00. The van der Waals surface area contributed by atoms with Crippen molar-refractivity contribution in [1.82, 2.24) is 29.9 Å². The van der Waals surface area contributed by atoms with E-state index in [4.69, 9.17) is 16.5 Å². The lowest BCUT2D eigenvalue weighted by atomic mass is 10.1. The Labute approximate surface area is 264 Å². The predicted molar refractivity (Wildman–Crippen MR) is 180 cm³/mol. The minimum atomic E-state index is -0.0847. The molecule has 0 spiro atoms. The molecule has 0 amide bonds. The van der Waals surface area contributed by atoms with Gasteiger partial charge in [0, 0.05) is 53.8 Å². The van der Waals surface area contributed by atoms with Crippen molar-refractivity contribution in [1.29, 1.82) is 0 Å². The largest absolute Gasteiger partial charge is 0.399 e. The van der Waals surface area contributed by atoms with Crippen molar-refractivity contribution in [3.05, 3.63) is 72.3 Å². The summed E-state index contributed by atoms with van der Waals surface area (Å²) in [5.74, 6) is 1.97. The van der Waals surface area contributed by atoms with Crippen LogP contribution in [0.4, 0.5) is 69.8 Å². The molecule has 3 aromatic carbocycles. The number of nitrogen functional groups attached to an aromatic ring is 2. The molecule has 46 heavy (non-hydrogen) atoms. The first-order valence-corrected chi connectivity index (χ1v) is 14.6. The van der Waals surface area contributed by atoms with Crippen LogP contribution in [0.1, 0.15) is 5.56 Å². The van der Waals surface area contributed by atoms with Crippen LogP contribution in [-0.4, -0.2) is 73.0 Å². The van der Waals surface area contributed by atoms with Gasteiger partial charge in [-0.1, -0.05) is 12.1 Å². The molecule has 16 heteroatoms. The number of nitrogens with zero attached hydrogens (tertiary/aromatic N) is 7. The number of anilines is 12. The van der Waals surface area contributed by atoms with E-state index < -0.39 is 0 Å². The van der Waals surface area contributed by atoms with E-state index in [-0.39, 0.29) is 38.2 Å². The van der Waals surface area contributed by atoms with Crippen LogP contribution in [0, 0.1) is 0 Å². The van der Waals surface area contributed by atoms with E-state index in [1.54, 1.807) is 24.3 Å². The lowest BCUT2D eigenvalue weighted by Gasteiger charge is -2.20. The van der Waals surface area contributed by atoms with Gasteiger partial charge in [0.1, 0.15) is 0 Å². The second-order valence-electron chi connectivity index (χ2n) is 10.3. The molecule has 0 unspecified atom stereocenters. The Morgan fingerprint density at radius 1 is 0.609 bits per heavy atom. The lowest BCUT2D eigenvalue weighted by molar-refractivity contribution is 0.310. The van der Waals surface area contributed by atoms with Crippen molar-refractivity contribution in [2.75, 3.05) is 75.8 Å². The molecule has 16 nitrogen and oxygen atoms in total. The Balaban J connectivity index is 1.28. The van der Waals surface area contributed by atoms with Crippen LogP contribution in [0.3, 0.4) is 0 Å². The summed E-state index contributed by atoms with van der Waals surface area (Å²) in [6.45, 7) is 1.04. The maximum absolute atomic E-state index is 9.37. The van der Waals surface area contributed by atoms with Crippen molar-refractivity contribution in [3.8, 4) is 0 Å². The predicted octanol–water partition coefficient (Wildman–Crippen LogP) is 2.95. The van der Waals surface area contributed by atoms with Gasteiger partial charge in [0.25, 0.3) is 0 Å². The van der Waals surface area contributed by atoms with Gasteiger partial charge in [-0.2, -0.15) is 29.9 Å². The first-order chi connectivity index (χ1) is 22.4. The number of nitrogens with one attached hydrogen (secondary N) is 5. The van der Waals surface area contributed by atoms with Crippen molar-refractivity contribution < 1.29 is 10.2 Å². The second kappa shape index (κ2) is 13.7. The molecule has 0 aliphatic carbocycles. The average Bonchev–Trinajstić information content (AvgIpc) is 3.47. The number of benzene rings is 3. The van der Waals surface area contributed by atoms with E-state index in [0.717, 1.165) is 29.0 Å². The molecule has 0 atom stereocenters. The number of hydrogen-bond donors (Lipinski definition) is 9. The molecular weight excluding hydrogens is 588 g/mol. The third-order valence-corrected chi connectivity index (χ3v) is 6.84. The smallest absolute Gasteiger partial charge is 0.236 e. The minimum absolute atomic E-state index is 0.0751. The fourth-order valence-electron chi connectivity index (χ4n) is 4.76. The third kappa shape index (κ3) is 7.37. The highest BCUT2D eigenvalue weighted by Gasteiger charge is 2.25. The molecule has 0 fully saturated rings. The van der Waals surface area contributed by atoms with Gasteiger partial charge in [0.15, 0.2) is 0 Å². The summed E-state index contributed by atoms with van der Waals surface area (Å²) in [6, 6.07) is 20.5. The van der Waals surface area contributed by atoms with Gasteiger partial charge in [-0.3, -0.25) is 0 Å². The van der Waals surface area contributed by atoms with Crippen LogP contribution in [0.15, 0.2) is 66.7 Å². The van der Waals surface area contributed by atoms with Crippen LogP contribution in [0.2, 0.25) is 0 Å². The van der Waals surface area contributed by atoms with Crippen LogP contribution < -0.4 is 43.0 Å². The lowest BCUT2D eigenvalue weighted by Crippen LogP contribution is -2.19. The quantitative estimate of drug-likeness (QED) is 0.0859. The number of fused-ring (bicyclic) bond motifs is 1. The van der Waals surface area contributed by atoms with Crippen LogP contribution in [0.5, 0.6) is 0 Å². The summed E-state index contributed by atoms with van der Waals surface area (Å²) in [5, 5.41) is 34.4. The molecule has 0 bridgehead atoms. The Bertz CT molecular complexity index is 1800. The number of hydrogen-bond acceptors (Lipinski definition) is 16. The van der Waals surface area contributed by atoms with E-state index >= 15 is 0 Å². The number of aromatic nitrogens is 6. The van der Waals surface area contributed by atoms with Gasteiger partial charge in [0.2, 0.25) is 35.7 Å². The monoisotopic (exact) mass is 622 g/mol. The third-order valence-electron chi connectivity index (χ3n) is 6.84. The highest BCUT2D eigenvalue weighted by Crippen LogP contribution is 2.36. The maximum Gasteiger partial charge on any atom is 0.236 e. The SMILES string of the molecule is Nc1ccc(Nc2nc(NCCO)nc(N3CCc4ccc(Nc5nc(NCCO)nc(Nc6cccc(N)c6)n5)cc43)n2)cc1. The van der Waals surface area contributed by atoms with Crippen LogP contribution in [0.25, 0.3) is 0 Å². The summed E-state index contributed by atoms with van der Waals surface area (Å²) >= 11 is 0. The molecule has 11 N–H and O–H groups in total. The topological polar surface area (TPSA) is 233 Å². The van der Waals surface area contributed by atoms with Gasteiger partial charge >= 0.3 is 0 Å². The molecule has 1 aliphatic rings. The second-order valence-corrected chi connectivity index (χ2v) is 10.3. The zero-order chi connectivity index (χ0) is 31.9. The summed E-state index contributed by atoms with van der Waals surface area (Å²) < 4.78 is 0. The van der Waals surface area contributed by atoms with Crippen molar-refractivity contribution in [2.24, 2.45) is 0 Å². The molecule has 3 heterocycles. The first kappa shape index (κ1) is 30.0. The number of nitrogens with two attached hydrogens (primary N) is 2. The first-order valence-electron chi connectivity index (χ1n) is 14.6. The van der Waals surface area contributed by atoms with Crippen LogP contribution in [-0.2, 0) is 6.42 Å². The fourth-order valence-corrected chi connectivity index (χ4v) is 4.76. The van der Waals surface area contributed by atoms with E-state index in [1.165, 1.54) is 0 Å². The van der Waals surface area contributed by atoms with E-state index in [0.29, 0.717) is 47.4 Å². The maximum atomic E-state index is 9.37. The number of aliphatic hydroxyl groups excluding tert-OH is 2. The Morgan fingerprint density at radius 2 is 1.17 bits per heavy atom. The van der Waals surface area contributed by atoms with Crippen molar-refractivity contribution in [3.63, 3.8) is 0 Å². The Kier molecular flexibility index (Phi) is 8.98. The Morgan fingerprint density at radius 3 is 1.85 bits per heavy atom. The molecule has 1 aliphatic heterocycles. The van der Waals surface area contributed by atoms with Crippen molar-refractivity contribution in [2.45, 2.75) is 6.42 Å². The number of aliphatic hydroxyl groups is 2. The average molecular weight is 623 g/mol. The normalized spacial score (nSPS) is 12.0. The molecule has 5 aromatic rings. The van der Waals surface area contributed by atoms with Gasteiger partial charge in [0.05, 0.1) is 13.2 Å². The standard InChI is InChI=1S/C30H34N14O2/c31-19-5-8-21(9-6-19)35-29-40-26(34-12-15-46)42-30(43-29)44-13-10-18-4-7-23(17-24(18)44)37-28-39-25(33-11-14-45)38-27(41-28)36-22-3-1-2-20(32)16-22/h1-9,16-17,45-46H,10-15,31-32H2,(H2,34,35,40,42,43)(H3,33,36,37,38,39,41). The summed E-state index contributed by atoms with van der Waals surface area (Å²) in [6.07, 6.45) is 0.788. The van der Waals surface area contributed by atoms with E-state index in [1.807, 2.05) is 47.4 Å². The molecule has 0 saturated heterocycles. The molecule has 6 rings (SSSR count). The van der Waals surface area contributed by atoms with Gasteiger partial charge in [-0.05, 0) is 66.6 Å². The van der Waals surface area contributed by atoms with Crippen LogP contribution >= 0.6 is 0 Å². The minimum Gasteiger partial charge on any atom is -0.399 e. The molecule has 0 saturated carbocycles. The highest BCUT2D eigenvalue weighted by atomic mass is 16.3. The number of rotatable bonds is 13. The molecule has 2 aromatic heterocycles. The summed E-state index contributed by atoms with van der Waals surface area (Å²) in [7, 11) is 0. The fraction of sp³-hybridized carbons (Fsp3) is 0.200. The van der Waals surface area contributed by atoms with Gasteiger partial charge in [-0.25, -0.2) is 0 Å². The van der Waals surface area contributed by atoms with E-state index in [9.17, 15) is 10.2 Å². The van der Waals surface area contributed by atoms with Gasteiger partial charge in [-0.15, -0.1) is 0 Å². The zero-order valence-electron chi connectivity index (χ0n) is 24.8. The van der Waals surface area contributed by atoms with Gasteiger partial charge < -0.3 is 53.2 Å².